The van der Waals surface area contributed by atoms with Gasteiger partial charge in [-0.3, -0.25) is 4.79 Å². The summed E-state index contributed by atoms with van der Waals surface area (Å²) in [5.41, 5.74) is 1.42. The van der Waals surface area contributed by atoms with Crippen molar-refractivity contribution in [2.24, 2.45) is 0 Å². The van der Waals surface area contributed by atoms with E-state index in [1.165, 1.54) is 13.2 Å². The maximum absolute atomic E-state index is 12.0. The highest BCUT2D eigenvalue weighted by Gasteiger charge is 2.06. The van der Waals surface area contributed by atoms with Gasteiger partial charge in [0.2, 0.25) is 5.91 Å². The number of benzene rings is 2. The van der Waals surface area contributed by atoms with E-state index >= 15 is 0 Å². The van der Waals surface area contributed by atoms with Gasteiger partial charge in [0.1, 0.15) is 11.5 Å². The summed E-state index contributed by atoms with van der Waals surface area (Å²) in [6.07, 6.45) is 3.16. The van der Waals surface area contributed by atoms with Gasteiger partial charge >= 0.3 is 0 Å². The van der Waals surface area contributed by atoms with Crippen LogP contribution in [0.25, 0.3) is 6.08 Å². The summed E-state index contributed by atoms with van der Waals surface area (Å²) in [7, 11) is 3.14. The van der Waals surface area contributed by atoms with Crippen molar-refractivity contribution in [2.45, 2.75) is 0 Å². The van der Waals surface area contributed by atoms with Crippen LogP contribution in [0.15, 0.2) is 48.5 Å². The zero-order valence-corrected chi connectivity index (χ0v) is 13.1. The van der Waals surface area contributed by atoms with E-state index in [0.717, 1.165) is 11.3 Å². The number of hydrogen-bond acceptors (Lipinski definition) is 3. The number of rotatable bonds is 5. The Labute approximate surface area is 134 Å². The molecule has 1 amide bonds. The lowest BCUT2D eigenvalue weighted by Gasteiger charge is -2.08. The molecule has 2 aromatic rings. The number of carbonyl (C=O) groups is 1. The van der Waals surface area contributed by atoms with Gasteiger partial charge in [-0.25, -0.2) is 0 Å². The second-order valence-corrected chi connectivity index (χ2v) is 4.88. The normalized spacial score (nSPS) is 10.5. The molecule has 0 saturated carbocycles. The Morgan fingerprint density at radius 2 is 1.82 bits per heavy atom. The number of carbonyl (C=O) groups excluding carboxylic acids is 1. The topological polar surface area (TPSA) is 47.6 Å². The van der Waals surface area contributed by atoms with Crippen LogP contribution in [0, 0.1) is 0 Å². The van der Waals surface area contributed by atoms with Crippen molar-refractivity contribution in [1.29, 1.82) is 0 Å². The fourth-order valence-corrected chi connectivity index (χ4v) is 2.01. The molecule has 0 atom stereocenters. The van der Waals surface area contributed by atoms with Crippen molar-refractivity contribution in [2.75, 3.05) is 19.5 Å². The number of methoxy groups -OCH3 is 2. The van der Waals surface area contributed by atoms with Crippen molar-refractivity contribution in [3.8, 4) is 11.5 Å². The van der Waals surface area contributed by atoms with Crippen molar-refractivity contribution in [3.63, 3.8) is 0 Å². The first kappa shape index (κ1) is 15.9. The highest BCUT2D eigenvalue weighted by molar-refractivity contribution is 6.31. The predicted molar refractivity (Wildman–Crippen MR) is 88.7 cm³/mol. The summed E-state index contributed by atoms with van der Waals surface area (Å²) in [5.74, 6) is 1.05. The number of amides is 1. The van der Waals surface area contributed by atoms with Gasteiger partial charge in [-0.2, -0.15) is 0 Å². The second-order valence-electron chi connectivity index (χ2n) is 4.44. The summed E-state index contributed by atoms with van der Waals surface area (Å²) >= 11 is 5.92. The van der Waals surface area contributed by atoms with E-state index in [1.807, 2.05) is 24.3 Å². The fraction of sp³-hybridized carbons (Fsp3) is 0.118. The van der Waals surface area contributed by atoms with Crippen LogP contribution in [0.3, 0.4) is 0 Å². The molecule has 5 heteroatoms. The molecule has 0 aliphatic carbocycles. The lowest BCUT2D eigenvalue weighted by atomic mass is 10.2. The molecule has 0 aliphatic rings. The molecule has 22 heavy (non-hydrogen) atoms. The van der Waals surface area contributed by atoms with Crippen LogP contribution in [-0.4, -0.2) is 20.1 Å². The van der Waals surface area contributed by atoms with Crippen LogP contribution in [0.2, 0.25) is 5.02 Å². The molecule has 114 valence electrons. The minimum atomic E-state index is -0.267. The van der Waals surface area contributed by atoms with E-state index in [-0.39, 0.29) is 5.91 Å². The number of ether oxygens (including phenoxy) is 2. The third-order valence-electron chi connectivity index (χ3n) is 2.96. The van der Waals surface area contributed by atoms with Gasteiger partial charge in [0.15, 0.2) is 0 Å². The number of hydrogen-bond donors (Lipinski definition) is 1. The van der Waals surface area contributed by atoms with Gasteiger partial charge in [-0.15, -0.1) is 0 Å². The van der Waals surface area contributed by atoms with E-state index in [4.69, 9.17) is 21.1 Å². The molecule has 0 aromatic heterocycles. The van der Waals surface area contributed by atoms with Crippen molar-refractivity contribution < 1.29 is 14.3 Å². The summed E-state index contributed by atoms with van der Waals surface area (Å²) < 4.78 is 10.3. The minimum Gasteiger partial charge on any atom is -0.497 e. The molecule has 0 heterocycles. The molecular weight excluding hydrogens is 302 g/mol. The first-order valence-electron chi connectivity index (χ1n) is 6.59. The lowest BCUT2D eigenvalue weighted by molar-refractivity contribution is -0.111. The highest BCUT2D eigenvalue weighted by atomic mass is 35.5. The SMILES string of the molecule is COc1ccc(C=CC(=O)Nc2cc(Cl)ccc2OC)cc1. The Balaban J connectivity index is 2.06. The predicted octanol–water partition coefficient (Wildman–Crippen LogP) is 4.01. The van der Waals surface area contributed by atoms with Crippen molar-refractivity contribution in [1.82, 2.24) is 0 Å². The Kier molecular flexibility index (Phi) is 5.44. The smallest absolute Gasteiger partial charge is 0.248 e. The molecule has 2 aromatic carbocycles. The van der Waals surface area contributed by atoms with E-state index in [2.05, 4.69) is 5.32 Å². The molecule has 0 unspecified atom stereocenters. The molecule has 0 spiro atoms. The summed E-state index contributed by atoms with van der Waals surface area (Å²) in [6.45, 7) is 0. The van der Waals surface area contributed by atoms with Crippen LogP contribution in [0.4, 0.5) is 5.69 Å². The monoisotopic (exact) mass is 317 g/mol. The summed E-state index contributed by atoms with van der Waals surface area (Å²) in [5, 5.41) is 3.26. The van der Waals surface area contributed by atoms with E-state index in [1.54, 1.807) is 31.4 Å². The molecule has 0 aliphatic heterocycles. The zero-order valence-electron chi connectivity index (χ0n) is 12.3. The molecule has 0 radical (unpaired) electrons. The van der Waals surface area contributed by atoms with Gasteiger partial charge in [0.05, 0.1) is 19.9 Å². The fourth-order valence-electron chi connectivity index (χ4n) is 1.84. The van der Waals surface area contributed by atoms with Crippen molar-refractivity contribution in [3.05, 3.63) is 59.1 Å². The van der Waals surface area contributed by atoms with Crippen LogP contribution >= 0.6 is 11.6 Å². The third kappa shape index (κ3) is 4.27. The summed E-state index contributed by atoms with van der Waals surface area (Å²) in [6, 6.07) is 12.4. The average Bonchev–Trinajstić information content (AvgIpc) is 2.53. The minimum absolute atomic E-state index is 0.267. The zero-order chi connectivity index (χ0) is 15.9. The Hall–Kier alpha value is -2.46. The van der Waals surface area contributed by atoms with Gasteiger partial charge in [0.25, 0.3) is 0 Å². The summed E-state index contributed by atoms with van der Waals surface area (Å²) in [4.78, 5) is 12.0. The van der Waals surface area contributed by atoms with Crippen LogP contribution < -0.4 is 14.8 Å². The maximum atomic E-state index is 12.0. The quantitative estimate of drug-likeness (QED) is 0.848. The molecule has 0 saturated heterocycles. The Bertz CT molecular complexity index is 681. The molecule has 2 rings (SSSR count). The Morgan fingerprint density at radius 1 is 1.09 bits per heavy atom. The van der Waals surface area contributed by atoms with Gasteiger partial charge in [0, 0.05) is 11.1 Å². The van der Waals surface area contributed by atoms with E-state index < -0.39 is 0 Å². The van der Waals surface area contributed by atoms with Gasteiger partial charge < -0.3 is 14.8 Å². The Morgan fingerprint density at radius 3 is 2.45 bits per heavy atom. The molecule has 1 N–H and O–H groups in total. The second kappa shape index (κ2) is 7.52. The van der Waals surface area contributed by atoms with Crippen LogP contribution in [-0.2, 0) is 4.79 Å². The number of anilines is 1. The molecular formula is C17H16ClNO3. The maximum Gasteiger partial charge on any atom is 0.248 e. The standard InChI is InChI=1S/C17H16ClNO3/c1-21-14-7-3-12(4-8-14)5-10-17(20)19-15-11-13(18)6-9-16(15)22-2/h3-11H,1-2H3,(H,19,20). The van der Waals surface area contributed by atoms with E-state index in [0.29, 0.717) is 16.5 Å². The molecule has 4 nitrogen and oxygen atoms in total. The largest absolute Gasteiger partial charge is 0.497 e. The van der Waals surface area contributed by atoms with Crippen LogP contribution in [0.1, 0.15) is 5.56 Å². The highest BCUT2D eigenvalue weighted by Crippen LogP contribution is 2.27. The van der Waals surface area contributed by atoms with Crippen LogP contribution in [0.5, 0.6) is 11.5 Å². The van der Waals surface area contributed by atoms with Gasteiger partial charge in [-0.05, 0) is 42.0 Å². The molecule has 0 fully saturated rings. The number of nitrogens with one attached hydrogen (secondary N) is 1. The molecule has 0 bridgehead atoms. The number of halogens is 1. The van der Waals surface area contributed by atoms with Gasteiger partial charge in [-0.1, -0.05) is 23.7 Å². The lowest BCUT2D eigenvalue weighted by Crippen LogP contribution is -2.08. The van der Waals surface area contributed by atoms with Crippen molar-refractivity contribution >= 4 is 29.3 Å². The first-order chi connectivity index (χ1) is 10.6. The first-order valence-corrected chi connectivity index (χ1v) is 6.97. The average molecular weight is 318 g/mol. The van der Waals surface area contributed by atoms with E-state index in [9.17, 15) is 4.79 Å². The third-order valence-corrected chi connectivity index (χ3v) is 3.20.